The number of fused-ring (bicyclic) bond motifs is 1. The monoisotopic (exact) mass is 625 g/mol. The molecule has 0 radical (unpaired) electrons. The highest BCUT2D eigenvalue weighted by Gasteiger charge is 2.39. The topological polar surface area (TPSA) is 167 Å². The minimum atomic E-state index is -5.08. The van der Waals surface area contributed by atoms with Crippen LogP contribution >= 0.6 is 0 Å². The lowest BCUT2D eigenvalue weighted by Gasteiger charge is -2.30. The Balaban J connectivity index is 0.000000384. The zero-order valence-electron chi connectivity index (χ0n) is 22.3. The van der Waals surface area contributed by atoms with Crippen molar-refractivity contribution in [1.29, 1.82) is 0 Å². The van der Waals surface area contributed by atoms with Gasteiger partial charge in [0.1, 0.15) is 6.10 Å². The predicted molar refractivity (Wildman–Crippen MR) is 135 cm³/mol. The van der Waals surface area contributed by atoms with Gasteiger partial charge in [0.05, 0.1) is 19.3 Å². The maximum absolute atomic E-state index is 12.5. The number of carboxylic acids is 2. The van der Waals surface area contributed by atoms with Gasteiger partial charge in [0.2, 0.25) is 5.88 Å². The molecule has 2 aliphatic heterocycles. The summed E-state index contributed by atoms with van der Waals surface area (Å²) >= 11 is 0. The van der Waals surface area contributed by atoms with E-state index >= 15 is 0 Å². The summed E-state index contributed by atoms with van der Waals surface area (Å²) in [6, 6.07) is 11.4. The molecule has 3 heterocycles. The van der Waals surface area contributed by atoms with E-state index in [9.17, 15) is 36.2 Å². The van der Waals surface area contributed by atoms with Crippen molar-refractivity contribution < 1.29 is 65.5 Å². The van der Waals surface area contributed by atoms with Gasteiger partial charge in [0.15, 0.2) is 0 Å². The van der Waals surface area contributed by atoms with Crippen molar-refractivity contribution in [3.63, 3.8) is 0 Å². The van der Waals surface area contributed by atoms with E-state index in [0.717, 1.165) is 25.8 Å². The quantitative estimate of drug-likeness (QED) is 0.301. The molecule has 1 saturated heterocycles. The molecule has 5 N–H and O–H groups in total. The van der Waals surface area contributed by atoms with Crippen molar-refractivity contribution in [2.75, 3.05) is 19.8 Å². The van der Waals surface area contributed by atoms with Crippen LogP contribution in [0.15, 0.2) is 42.6 Å². The maximum Gasteiger partial charge on any atom is 0.490 e. The van der Waals surface area contributed by atoms with Crippen LogP contribution in [-0.2, 0) is 27.3 Å². The number of aliphatic carboxylic acids is 2. The fourth-order valence-electron chi connectivity index (χ4n) is 3.77. The van der Waals surface area contributed by atoms with Crippen LogP contribution in [0.2, 0.25) is 0 Å². The van der Waals surface area contributed by atoms with Crippen LogP contribution in [0.4, 0.5) is 26.3 Å². The Morgan fingerprint density at radius 3 is 2.12 bits per heavy atom. The van der Waals surface area contributed by atoms with E-state index in [2.05, 4.69) is 27.8 Å². The Bertz CT molecular complexity index is 1200. The van der Waals surface area contributed by atoms with Crippen molar-refractivity contribution in [2.45, 2.75) is 56.4 Å². The SMILES string of the molecule is O=C(NC[C@@H](O)[C@@H]1Cc2ccccc2CN1)c1ccnc(OC2CCOCC2)c1.O=C(O)C(F)(F)F.O=C(O)C(F)(F)F. The highest BCUT2D eigenvalue weighted by atomic mass is 19.4. The van der Waals surface area contributed by atoms with E-state index in [4.69, 9.17) is 29.3 Å². The molecule has 0 unspecified atom stereocenters. The number of carbonyl (C=O) groups excluding carboxylic acids is 1. The van der Waals surface area contributed by atoms with Gasteiger partial charge >= 0.3 is 24.3 Å². The molecular weight excluding hydrogens is 596 g/mol. The Hall–Kier alpha value is -3.96. The van der Waals surface area contributed by atoms with Crippen molar-refractivity contribution in [1.82, 2.24) is 15.6 Å². The summed E-state index contributed by atoms with van der Waals surface area (Å²) < 4.78 is 74.7. The number of nitrogens with zero attached hydrogens (tertiary/aromatic N) is 1. The standard InChI is InChI=1S/C22H27N3O4.2C2HF3O2/c26-20(19-11-15-3-1-2-4-17(15)13-24-19)14-25-22(27)16-5-8-23-21(12-16)29-18-6-9-28-10-7-18;2*3-2(4,5)1(6)7/h1-5,8,12,18-20,24,26H,6-7,9-11,13-14H2,(H,25,27);2*(H,6,7)/t19-,20+;;/m0../s1. The third-order valence-electron chi connectivity index (χ3n) is 5.99. The van der Waals surface area contributed by atoms with Gasteiger partial charge in [-0.3, -0.25) is 4.79 Å². The van der Waals surface area contributed by atoms with Crippen LogP contribution < -0.4 is 15.4 Å². The number of pyridine rings is 1. The highest BCUT2D eigenvalue weighted by Crippen LogP contribution is 2.19. The minimum Gasteiger partial charge on any atom is -0.475 e. The van der Waals surface area contributed by atoms with Crippen molar-refractivity contribution in [3.8, 4) is 5.88 Å². The Labute approximate surface area is 240 Å². The highest BCUT2D eigenvalue weighted by molar-refractivity contribution is 5.94. The van der Waals surface area contributed by atoms with E-state index < -0.39 is 30.4 Å². The molecular formula is C26H29F6N3O8. The number of alkyl halides is 6. The largest absolute Gasteiger partial charge is 0.490 e. The second kappa shape index (κ2) is 16.0. The number of amides is 1. The van der Waals surface area contributed by atoms with Crippen molar-refractivity contribution >= 4 is 17.8 Å². The average molecular weight is 626 g/mol. The molecule has 11 nitrogen and oxygen atoms in total. The van der Waals surface area contributed by atoms with Gasteiger partial charge in [0, 0.05) is 49.8 Å². The van der Waals surface area contributed by atoms with Gasteiger partial charge in [-0.2, -0.15) is 26.3 Å². The second-order valence-electron chi connectivity index (χ2n) is 9.16. The summed E-state index contributed by atoms with van der Waals surface area (Å²) in [5.41, 5.74) is 2.97. The zero-order chi connectivity index (χ0) is 32.2. The summed E-state index contributed by atoms with van der Waals surface area (Å²) in [7, 11) is 0. The van der Waals surface area contributed by atoms with Crippen LogP contribution in [0.3, 0.4) is 0 Å². The number of benzene rings is 1. The molecule has 238 valence electrons. The summed E-state index contributed by atoms with van der Waals surface area (Å²) in [4.78, 5) is 34.5. The number of ether oxygens (including phenoxy) is 2. The molecule has 4 rings (SSSR count). The van der Waals surface area contributed by atoms with E-state index in [-0.39, 0.29) is 24.6 Å². The van der Waals surface area contributed by atoms with Crippen molar-refractivity contribution in [3.05, 3.63) is 59.3 Å². The predicted octanol–water partition coefficient (Wildman–Crippen LogP) is 2.71. The lowest BCUT2D eigenvalue weighted by atomic mass is 9.93. The normalized spacial score (nSPS) is 17.5. The Kier molecular flexibility index (Phi) is 13.1. The third kappa shape index (κ3) is 12.4. The first kappa shape index (κ1) is 35.2. The Morgan fingerprint density at radius 2 is 1.56 bits per heavy atom. The van der Waals surface area contributed by atoms with E-state index in [1.54, 1.807) is 18.3 Å². The average Bonchev–Trinajstić information content (AvgIpc) is 2.96. The molecule has 1 aromatic carbocycles. The first-order valence-corrected chi connectivity index (χ1v) is 12.6. The molecule has 1 amide bonds. The number of rotatable bonds is 6. The first-order chi connectivity index (χ1) is 20.1. The maximum atomic E-state index is 12.5. The summed E-state index contributed by atoms with van der Waals surface area (Å²) in [5.74, 6) is -5.32. The molecule has 17 heteroatoms. The number of nitrogens with one attached hydrogen (secondary N) is 2. The number of aromatic nitrogens is 1. The van der Waals surface area contributed by atoms with Gasteiger partial charge in [-0.25, -0.2) is 14.6 Å². The van der Waals surface area contributed by atoms with Gasteiger partial charge in [-0.15, -0.1) is 0 Å². The summed E-state index contributed by atoms with van der Waals surface area (Å²) in [6.07, 6.45) is -6.82. The minimum absolute atomic E-state index is 0.0663. The number of hydrogen-bond acceptors (Lipinski definition) is 8. The molecule has 43 heavy (non-hydrogen) atoms. The van der Waals surface area contributed by atoms with Gasteiger partial charge in [0.25, 0.3) is 5.91 Å². The first-order valence-electron chi connectivity index (χ1n) is 12.6. The van der Waals surface area contributed by atoms with Crippen LogP contribution in [-0.4, -0.2) is 88.5 Å². The zero-order valence-corrected chi connectivity index (χ0v) is 22.3. The van der Waals surface area contributed by atoms with Crippen LogP contribution in [0.1, 0.15) is 34.3 Å². The number of carboxylic acid groups (broad SMARTS) is 2. The van der Waals surface area contributed by atoms with Crippen LogP contribution in [0.25, 0.3) is 0 Å². The fraction of sp³-hybridized carbons (Fsp3) is 0.462. The fourth-order valence-corrected chi connectivity index (χ4v) is 3.77. The number of carbonyl (C=O) groups is 3. The molecule has 1 aromatic heterocycles. The molecule has 0 aliphatic carbocycles. The second-order valence-corrected chi connectivity index (χ2v) is 9.16. The number of halogens is 6. The molecule has 2 atom stereocenters. The van der Waals surface area contributed by atoms with Gasteiger partial charge in [-0.05, 0) is 23.6 Å². The number of aliphatic hydroxyl groups is 1. The molecule has 0 bridgehead atoms. The van der Waals surface area contributed by atoms with Crippen LogP contribution in [0.5, 0.6) is 5.88 Å². The molecule has 0 saturated carbocycles. The van der Waals surface area contributed by atoms with E-state index in [1.165, 1.54) is 11.1 Å². The molecule has 1 fully saturated rings. The molecule has 0 spiro atoms. The number of hydrogen-bond donors (Lipinski definition) is 5. The lowest BCUT2D eigenvalue weighted by molar-refractivity contribution is -0.193. The third-order valence-corrected chi connectivity index (χ3v) is 5.99. The van der Waals surface area contributed by atoms with Crippen LogP contribution in [0, 0.1) is 0 Å². The Morgan fingerprint density at radius 1 is 1.00 bits per heavy atom. The summed E-state index contributed by atoms with van der Waals surface area (Å²) in [6.45, 7) is 2.27. The van der Waals surface area contributed by atoms with Crippen molar-refractivity contribution in [2.24, 2.45) is 0 Å². The lowest BCUT2D eigenvalue weighted by Crippen LogP contribution is -2.49. The van der Waals surface area contributed by atoms with Gasteiger partial charge in [-0.1, -0.05) is 24.3 Å². The van der Waals surface area contributed by atoms with E-state index in [1.807, 2.05) is 12.1 Å². The summed E-state index contributed by atoms with van der Waals surface area (Å²) in [5, 5.41) is 31.0. The molecule has 2 aromatic rings. The smallest absolute Gasteiger partial charge is 0.475 e. The molecule has 2 aliphatic rings. The number of aliphatic hydroxyl groups excluding tert-OH is 1. The van der Waals surface area contributed by atoms with Gasteiger partial charge < -0.3 is 35.4 Å². The van der Waals surface area contributed by atoms with E-state index in [0.29, 0.717) is 24.7 Å².